The number of non-ortho nitro benzene ring substituents is 1. The van der Waals surface area contributed by atoms with E-state index in [1.807, 2.05) is 0 Å². The summed E-state index contributed by atoms with van der Waals surface area (Å²) in [5, 5.41) is 45.2. The van der Waals surface area contributed by atoms with Gasteiger partial charge < -0.3 is 29.2 Å². The van der Waals surface area contributed by atoms with Crippen LogP contribution in [0.5, 0.6) is 11.5 Å². The molecule has 316 valence electrons. The Balaban J connectivity index is -0.00000273. The molecule has 0 amide bonds. The number of nitro groups is 1. The van der Waals surface area contributed by atoms with Crippen LogP contribution in [0, 0.1) is 29.2 Å². The van der Waals surface area contributed by atoms with Crippen LogP contribution in [-0.4, -0.2) is 72.9 Å². The van der Waals surface area contributed by atoms with Gasteiger partial charge in [0.25, 0.3) is 0 Å². The number of ether oxygens (including phenoxy) is 1. The van der Waals surface area contributed by atoms with E-state index in [9.17, 15) is 45.7 Å². The van der Waals surface area contributed by atoms with Crippen LogP contribution >= 0.6 is 0 Å². The van der Waals surface area contributed by atoms with Crippen LogP contribution in [-0.2, 0) is 53.5 Å². The van der Waals surface area contributed by atoms with E-state index in [0.717, 1.165) is 30.3 Å². The van der Waals surface area contributed by atoms with E-state index in [1.165, 1.54) is 37.4 Å². The molecule has 0 aliphatic carbocycles. The summed E-state index contributed by atoms with van der Waals surface area (Å²) in [6, 6.07) is 16.5. The van der Waals surface area contributed by atoms with Gasteiger partial charge in [-0.3, -0.25) is 18.5 Å². The van der Waals surface area contributed by atoms with Crippen molar-refractivity contribution in [3.05, 3.63) is 88.5 Å². The number of phenols is 1. The van der Waals surface area contributed by atoms with Gasteiger partial charge >= 0.3 is 169 Å². The van der Waals surface area contributed by atoms with Crippen molar-refractivity contribution in [3.8, 4) is 11.5 Å². The molecule has 3 N–H and O–H groups in total. The molecule has 5 rings (SSSR count). The molecule has 0 bridgehead atoms. The fourth-order valence-electron chi connectivity index (χ4n) is 4.57. The van der Waals surface area contributed by atoms with Crippen molar-refractivity contribution >= 4 is 110 Å². The zero-order valence-corrected chi connectivity index (χ0v) is 48.6. The number of anilines is 1. The summed E-state index contributed by atoms with van der Waals surface area (Å²) in [4.78, 5) is 8.50. The summed E-state index contributed by atoms with van der Waals surface area (Å²) >= 11 is -6.10. The summed E-state index contributed by atoms with van der Waals surface area (Å²) < 4.78 is 140. The van der Waals surface area contributed by atoms with E-state index in [2.05, 4.69) is 42.8 Å². The number of rotatable bonds is 11. The summed E-state index contributed by atoms with van der Waals surface area (Å²) in [5.74, 6) is -0.807. The van der Waals surface area contributed by atoms with Gasteiger partial charge in [0, 0.05) is 21.3 Å². The Kier molecular flexibility index (Phi) is 32.7. The van der Waals surface area contributed by atoms with Crippen LogP contribution in [0.2, 0.25) is 0 Å². The Morgan fingerprint density at radius 1 is 0.738 bits per heavy atom. The number of nitrogen functional groups attached to an aromatic ring is 1. The third kappa shape index (κ3) is 20.1. The number of methoxy groups -OCH3 is 1. The number of phenolic OH excluding ortho intramolecular Hbond substituents is 1. The number of nitro benzene ring substituents is 1. The minimum atomic E-state index is -4.85. The third-order valence-electron chi connectivity index (χ3n) is 7.03. The maximum Gasteiger partial charge on any atom is 1.00 e. The molecule has 0 radical (unpaired) electrons. The molecule has 0 aliphatic rings. The summed E-state index contributed by atoms with van der Waals surface area (Å²) in [6.07, 6.45) is 0. The van der Waals surface area contributed by atoms with Crippen molar-refractivity contribution < 1.29 is 218 Å². The summed E-state index contributed by atoms with van der Waals surface area (Å²) in [7, 11) is -9.78. The number of azo groups is 3. The van der Waals surface area contributed by atoms with Crippen LogP contribution < -0.4 is 158 Å². The Labute approximate surface area is 486 Å². The van der Waals surface area contributed by atoms with Crippen LogP contribution in [0.25, 0.3) is 10.8 Å². The maximum atomic E-state index is 12.3. The molecule has 35 heteroatoms. The summed E-state index contributed by atoms with van der Waals surface area (Å²) in [6.45, 7) is 1.60. The Morgan fingerprint density at radius 3 is 1.77 bits per heavy atom. The first-order chi connectivity index (χ1) is 28.1. The Morgan fingerprint density at radius 2 is 1.28 bits per heavy atom. The van der Waals surface area contributed by atoms with Gasteiger partial charge in [-0.1, -0.05) is 12.1 Å². The number of benzene rings is 5. The van der Waals surface area contributed by atoms with Crippen LogP contribution in [0.15, 0.2) is 106 Å². The van der Waals surface area contributed by atoms with E-state index in [-0.39, 0.29) is 204 Å². The van der Waals surface area contributed by atoms with Crippen molar-refractivity contribution in [1.82, 2.24) is 0 Å². The number of nitrogens with two attached hydrogens (primary N) is 1. The molecule has 5 aromatic carbocycles. The minimum Gasteiger partial charge on any atom is -0.768 e. The molecule has 25 nitrogen and oxygen atoms in total. The molecule has 2 unspecified atom stereocenters. The number of nitrogens with zero attached hydrogens (tertiary/aromatic N) is 7. The number of aromatic hydroxyl groups is 1. The number of aryl methyl sites for hydroxylation is 1. The van der Waals surface area contributed by atoms with Gasteiger partial charge in [0.2, 0.25) is 0 Å². The minimum absolute atomic E-state index is 0. The Hall–Kier alpha value is -1.67. The van der Waals surface area contributed by atoms with Crippen LogP contribution in [0.1, 0.15) is 5.56 Å². The number of hydrogen-bond donors (Lipinski definition) is 2. The van der Waals surface area contributed by atoms with E-state index < -0.39 is 84.5 Å². The topological polar surface area (TPSA) is 413 Å². The summed E-state index contributed by atoms with van der Waals surface area (Å²) in [5.41, 5.74) is 5.15. The van der Waals surface area contributed by atoms with Gasteiger partial charge in [0.1, 0.15) is 32.9 Å². The predicted molar refractivity (Wildman–Crippen MR) is 199 cm³/mol. The van der Waals surface area contributed by atoms with Gasteiger partial charge in [0.05, 0.1) is 28.8 Å². The second kappa shape index (κ2) is 31.5. The molecule has 0 heterocycles. The molecule has 0 saturated heterocycles. The Bertz CT molecular complexity index is 2970. The van der Waals surface area contributed by atoms with Gasteiger partial charge in [-0.05, 0) is 69.1 Å². The molecular formula is C30H19N8Na5O17S5. The van der Waals surface area contributed by atoms with Crippen molar-refractivity contribution in [1.29, 1.82) is 0 Å². The normalized spacial score (nSPS) is 11.4. The standard InChI is InChI=1S/C30H22N8O11S3.5Na.2O3S/c1-15-11-21(23(49-2)13-20(15)34-33-19-5-3-4-6-26(19)52(46,47)48)35-36-22-14-24(50(42)43)18-12-25(51(44)45)29(30(39)27(18)28(22)31)37-32-16-7-9-17(10-8-16)38(40)41;;;;;;2*1-4(2)3/h4-7,9-14,39H,31H2,1-2H3,(H,42,43)(H,44,45)(H,46,47,48);;;;;;;/q-2;5*+1;;/p-3. The van der Waals surface area contributed by atoms with Gasteiger partial charge in [0.15, 0.2) is 11.4 Å². The van der Waals surface area contributed by atoms with Crippen molar-refractivity contribution in [2.45, 2.75) is 21.6 Å². The van der Waals surface area contributed by atoms with E-state index in [4.69, 9.17) is 35.7 Å². The first kappa shape index (κ1) is 67.6. The van der Waals surface area contributed by atoms with E-state index in [1.54, 1.807) is 6.92 Å². The molecule has 65 heavy (non-hydrogen) atoms. The maximum absolute atomic E-state index is 12.3. The van der Waals surface area contributed by atoms with Crippen LogP contribution in [0.3, 0.4) is 0 Å². The quantitative estimate of drug-likeness (QED) is 0.0181. The molecule has 0 saturated carbocycles. The van der Waals surface area contributed by atoms with E-state index in [0.29, 0.717) is 5.56 Å². The molecule has 5 aromatic rings. The fourth-order valence-corrected chi connectivity index (χ4v) is 6.21. The van der Waals surface area contributed by atoms with Crippen LogP contribution in [0.4, 0.5) is 45.5 Å². The molecule has 0 fully saturated rings. The average molecular weight is 1040 g/mol. The SMILES string of the molecule is COc1cc(N=Nc2c[c-]ccc2S(=O)(=O)[O-])c(C)cc1N=Nc1cc(S(=O)[O-])c2cc(S(=O)[O-])c(N=Nc3[c-]cc([N+](=O)[O-])cc3)c(O)c2c1N.O=S(=O)=O.O=S(=O)=O.[Na+].[Na+].[Na+].[Na+].[Na+]. The van der Waals surface area contributed by atoms with Crippen molar-refractivity contribution in [2.24, 2.45) is 30.7 Å². The first-order valence-corrected chi connectivity index (χ1v) is 20.5. The van der Waals surface area contributed by atoms with Gasteiger partial charge in [-0.15, -0.1) is 58.8 Å². The van der Waals surface area contributed by atoms with Gasteiger partial charge in [-0.25, -0.2) is 13.5 Å². The molecule has 0 aromatic heterocycles. The van der Waals surface area contributed by atoms with Gasteiger partial charge in [-0.2, -0.15) is 28.4 Å². The molecular weight excluding hydrogens is 1020 g/mol. The van der Waals surface area contributed by atoms with E-state index >= 15 is 0 Å². The monoisotopic (exact) mass is 1040 g/mol. The first-order valence-electron chi connectivity index (χ1n) is 15.0. The number of hydrogen-bond acceptors (Lipinski definition) is 24. The second-order valence-electron chi connectivity index (χ2n) is 10.6. The second-order valence-corrected chi connectivity index (χ2v) is 14.6. The zero-order chi connectivity index (χ0) is 45.1. The number of fused-ring (bicyclic) bond motifs is 1. The molecule has 0 spiro atoms. The molecule has 0 aliphatic heterocycles. The van der Waals surface area contributed by atoms with Crippen molar-refractivity contribution in [3.63, 3.8) is 0 Å². The zero-order valence-electron chi connectivity index (χ0n) is 34.5. The van der Waals surface area contributed by atoms with Crippen molar-refractivity contribution in [2.75, 3.05) is 12.8 Å². The average Bonchev–Trinajstić information content (AvgIpc) is 3.15. The third-order valence-corrected chi connectivity index (χ3v) is 9.28. The molecule has 2 atom stereocenters. The predicted octanol–water partition coefficient (Wildman–Crippen LogP) is -10.4. The largest absolute Gasteiger partial charge is 1.00 e. The smallest absolute Gasteiger partial charge is 0.768 e. The fraction of sp³-hybridized carbons (Fsp3) is 0.0667.